The molecule has 40 heavy (non-hydrogen) atoms. The van der Waals surface area contributed by atoms with Crippen LogP contribution in [0.1, 0.15) is 28.2 Å². The number of rotatable bonds is 7. The summed E-state index contributed by atoms with van der Waals surface area (Å²) < 4.78 is 79.0. The maximum Gasteiger partial charge on any atom is 0.416 e. The molecule has 0 radical (unpaired) electrons. The van der Waals surface area contributed by atoms with E-state index in [4.69, 9.17) is 14.9 Å². The number of hydrogen-bond donors (Lipinski definition) is 2. The first-order valence-corrected chi connectivity index (χ1v) is 12.5. The lowest BCUT2D eigenvalue weighted by atomic mass is 9.90. The predicted molar refractivity (Wildman–Crippen MR) is 134 cm³/mol. The van der Waals surface area contributed by atoms with Crippen molar-refractivity contribution in [3.63, 3.8) is 0 Å². The molecule has 1 aromatic heterocycles. The first-order valence-electron chi connectivity index (χ1n) is 11.7. The second-order valence-corrected chi connectivity index (χ2v) is 9.84. The largest absolute Gasteiger partial charge is 0.490 e. The van der Waals surface area contributed by atoms with E-state index >= 15 is 0 Å². The number of carbonyl (C=O) groups excluding carboxylic acids is 1. The van der Waals surface area contributed by atoms with Crippen LogP contribution in [0, 0.1) is 11.6 Å². The van der Waals surface area contributed by atoms with Gasteiger partial charge in [0, 0.05) is 31.6 Å². The molecule has 2 amide bonds. The topological polar surface area (TPSA) is 122 Å². The third kappa shape index (κ3) is 5.61. The second kappa shape index (κ2) is 11.0. The molecule has 2 heterocycles. The van der Waals surface area contributed by atoms with Crippen LogP contribution in [0.4, 0.5) is 26.7 Å². The van der Waals surface area contributed by atoms with Crippen molar-refractivity contribution in [1.29, 1.82) is 0 Å². The number of nitrogens with zero attached hydrogens (tertiary/aromatic N) is 3. The average molecular weight is 633 g/mol. The Bertz CT molecular complexity index is 1430. The van der Waals surface area contributed by atoms with E-state index in [1.807, 2.05) is 4.90 Å². The van der Waals surface area contributed by atoms with Crippen LogP contribution in [-0.2, 0) is 11.7 Å². The number of amides is 2. The predicted octanol–water partition coefficient (Wildman–Crippen LogP) is 5.09. The Balaban J connectivity index is 1.70. The number of oxazole rings is 1. The van der Waals surface area contributed by atoms with Gasteiger partial charge in [0.05, 0.1) is 12.2 Å². The fraction of sp³-hybridized carbons (Fsp3) is 0.320. The molecule has 1 aliphatic rings. The molecule has 4 rings (SSSR count). The van der Waals surface area contributed by atoms with Crippen LogP contribution < -0.4 is 10.5 Å². The Labute approximate surface area is 232 Å². The van der Waals surface area contributed by atoms with Crippen molar-refractivity contribution in [3.05, 3.63) is 69.7 Å². The van der Waals surface area contributed by atoms with E-state index in [9.17, 15) is 36.6 Å². The highest BCUT2D eigenvalue weighted by molar-refractivity contribution is 9.10. The Morgan fingerprint density at radius 3 is 2.45 bits per heavy atom. The Morgan fingerprint density at radius 1 is 1.18 bits per heavy atom. The normalized spacial score (nSPS) is 18.1. The number of hydrogen-bond acceptors (Lipinski definition) is 6. The minimum Gasteiger partial charge on any atom is -0.490 e. The lowest BCUT2D eigenvalue weighted by Crippen LogP contribution is -2.61. The van der Waals surface area contributed by atoms with Gasteiger partial charge in [-0.3, -0.25) is 9.69 Å². The fourth-order valence-corrected chi connectivity index (χ4v) is 5.05. The van der Waals surface area contributed by atoms with Gasteiger partial charge in [-0.1, -0.05) is 12.1 Å². The Kier molecular flexibility index (Phi) is 8.08. The smallest absolute Gasteiger partial charge is 0.416 e. The molecule has 0 spiro atoms. The summed E-state index contributed by atoms with van der Waals surface area (Å²) in [4.78, 5) is 31.1. The van der Waals surface area contributed by atoms with Gasteiger partial charge in [-0.15, -0.1) is 0 Å². The van der Waals surface area contributed by atoms with Crippen LogP contribution in [0.3, 0.4) is 0 Å². The lowest BCUT2D eigenvalue weighted by Gasteiger charge is -2.46. The monoisotopic (exact) mass is 632 g/mol. The van der Waals surface area contributed by atoms with Gasteiger partial charge in [0.25, 0.3) is 5.91 Å². The lowest BCUT2D eigenvalue weighted by molar-refractivity contribution is -0.137. The number of alkyl halides is 3. The van der Waals surface area contributed by atoms with E-state index in [-0.39, 0.29) is 47.9 Å². The maximum atomic E-state index is 14.7. The summed E-state index contributed by atoms with van der Waals surface area (Å²) in [5.74, 6) is -4.36. The zero-order chi connectivity index (χ0) is 29.4. The van der Waals surface area contributed by atoms with Crippen LogP contribution in [0.2, 0.25) is 0 Å². The average Bonchev–Trinajstić information content (AvgIpc) is 3.26. The summed E-state index contributed by atoms with van der Waals surface area (Å²) in [6.45, 7) is 0.157. The third-order valence-electron chi connectivity index (χ3n) is 6.53. The fourth-order valence-electron chi connectivity index (χ4n) is 4.57. The highest BCUT2D eigenvalue weighted by atomic mass is 79.9. The highest BCUT2D eigenvalue weighted by Crippen LogP contribution is 2.40. The van der Waals surface area contributed by atoms with E-state index in [2.05, 4.69) is 20.9 Å². The molecule has 1 fully saturated rings. The van der Waals surface area contributed by atoms with Gasteiger partial charge in [0.15, 0.2) is 16.2 Å². The molecule has 9 nitrogen and oxygen atoms in total. The van der Waals surface area contributed by atoms with Crippen LogP contribution in [-0.4, -0.2) is 65.2 Å². The van der Waals surface area contributed by atoms with Crippen LogP contribution in [0.5, 0.6) is 5.75 Å². The molecular formula is C25H22BrF5N4O5. The van der Waals surface area contributed by atoms with Crippen molar-refractivity contribution in [3.8, 4) is 17.0 Å². The standard InChI is InChI=1S/C25H22BrF5N4O5/c1-34-9-10-35(23(37)38)24(12-34,8-11-39-16-7-6-15(27)17(18(16)28)21(32)36)22-33-19(20(26)40-22)13-2-4-14(5-3-13)25(29,30)31/h2-7H,8-12H2,1H3,(H2,32,36)(H,37,38). The van der Waals surface area contributed by atoms with E-state index in [1.54, 1.807) is 7.05 Å². The molecule has 0 bridgehead atoms. The number of halogens is 6. The van der Waals surface area contributed by atoms with Crippen LogP contribution >= 0.6 is 15.9 Å². The quantitative estimate of drug-likeness (QED) is 0.348. The number of likely N-dealkylation sites (N-methyl/N-ethyl adjacent to an activating group) is 1. The summed E-state index contributed by atoms with van der Waals surface area (Å²) in [6.07, 6.45) is -5.97. The van der Waals surface area contributed by atoms with Gasteiger partial charge in [0.2, 0.25) is 5.89 Å². The molecular weight excluding hydrogens is 611 g/mol. The summed E-state index contributed by atoms with van der Waals surface area (Å²) >= 11 is 3.23. The number of aromatic nitrogens is 1. The van der Waals surface area contributed by atoms with Crippen LogP contribution in [0.25, 0.3) is 11.3 Å². The number of nitrogens with two attached hydrogens (primary N) is 1. The number of ether oxygens (including phenoxy) is 1. The van der Waals surface area contributed by atoms with E-state index < -0.39 is 52.2 Å². The summed E-state index contributed by atoms with van der Waals surface area (Å²) in [7, 11) is 1.74. The molecule has 0 aliphatic carbocycles. The van der Waals surface area contributed by atoms with E-state index in [0.717, 1.165) is 29.2 Å². The van der Waals surface area contributed by atoms with Crippen molar-refractivity contribution in [2.45, 2.75) is 18.1 Å². The summed E-state index contributed by atoms with van der Waals surface area (Å²) in [5, 5.41) is 10.0. The van der Waals surface area contributed by atoms with Crippen LogP contribution in [0.15, 0.2) is 45.5 Å². The SMILES string of the molecule is CN1CCN(C(=O)O)C(CCOc2ccc(F)c(C(N)=O)c2F)(c2nc(-c3ccc(C(F)(F)F)cc3)c(Br)o2)C1. The van der Waals surface area contributed by atoms with E-state index in [0.29, 0.717) is 6.54 Å². The van der Waals surface area contributed by atoms with Gasteiger partial charge >= 0.3 is 12.3 Å². The van der Waals surface area contributed by atoms with Crippen molar-refractivity contribution >= 4 is 27.9 Å². The summed E-state index contributed by atoms with van der Waals surface area (Å²) in [6, 6.07) is 5.97. The highest BCUT2D eigenvalue weighted by Gasteiger charge is 2.49. The molecule has 0 saturated carbocycles. The first kappa shape index (κ1) is 29.3. The minimum absolute atomic E-state index is 0.0399. The number of piperazine rings is 1. The maximum absolute atomic E-state index is 14.7. The zero-order valence-electron chi connectivity index (χ0n) is 20.8. The molecule has 1 saturated heterocycles. The Hall–Kier alpha value is -3.72. The molecule has 3 aromatic rings. The van der Waals surface area contributed by atoms with Gasteiger partial charge in [-0.05, 0) is 47.2 Å². The molecule has 3 N–H and O–H groups in total. The van der Waals surface area contributed by atoms with Crippen molar-refractivity contribution in [2.24, 2.45) is 5.73 Å². The van der Waals surface area contributed by atoms with Crippen molar-refractivity contribution in [1.82, 2.24) is 14.8 Å². The van der Waals surface area contributed by atoms with Crippen molar-refractivity contribution in [2.75, 3.05) is 33.3 Å². The molecule has 2 aromatic carbocycles. The first-order chi connectivity index (χ1) is 18.7. The zero-order valence-corrected chi connectivity index (χ0v) is 22.4. The number of benzene rings is 2. The van der Waals surface area contributed by atoms with Gasteiger partial charge < -0.3 is 24.9 Å². The Morgan fingerprint density at radius 2 is 1.85 bits per heavy atom. The molecule has 15 heteroatoms. The summed E-state index contributed by atoms with van der Waals surface area (Å²) in [5.41, 5.74) is 2.16. The van der Waals surface area contributed by atoms with Gasteiger partial charge in [-0.2, -0.15) is 13.2 Å². The molecule has 1 atom stereocenters. The number of carboxylic acid groups (broad SMARTS) is 1. The second-order valence-electron chi connectivity index (χ2n) is 9.12. The molecule has 214 valence electrons. The molecule has 1 aliphatic heterocycles. The number of carbonyl (C=O) groups is 2. The minimum atomic E-state index is -4.54. The third-order valence-corrected chi connectivity index (χ3v) is 7.07. The number of primary amides is 1. The molecule has 1 unspecified atom stereocenters. The van der Waals surface area contributed by atoms with Gasteiger partial charge in [-0.25, -0.2) is 18.6 Å². The van der Waals surface area contributed by atoms with Crippen molar-refractivity contribution < 1.29 is 45.8 Å². The van der Waals surface area contributed by atoms with Gasteiger partial charge in [0.1, 0.15) is 22.6 Å². The van der Waals surface area contributed by atoms with E-state index in [1.165, 1.54) is 12.1 Å².